The molecule has 1 spiro atoms. The number of methoxy groups -OCH3 is 1. The molecule has 2 aliphatic heterocycles. The van der Waals surface area contributed by atoms with E-state index in [4.69, 9.17) is 4.74 Å². The number of hydrogen-bond donors (Lipinski definition) is 1. The average molecular weight is 505 g/mol. The smallest absolute Gasteiger partial charge is 0.318 e. The summed E-state index contributed by atoms with van der Waals surface area (Å²) in [5.74, 6) is -0.180. The fraction of sp³-hybridized carbons (Fsp3) is 0.444. The number of aromatic nitrogens is 2. The van der Waals surface area contributed by atoms with Gasteiger partial charge in [0.05, 0.1) is 36.8 Å². The summed E-state index contributed by atoms with van der Waals surface area (Å²) in [5.41, 5.74) is 2.08. The van der Waals surface area contributed by atoms with Crippen molar-refractivity contribution in [1.29, 1.82) is 5.26 Å². The van der Waals surface area contributed by atoms with Crippen molar-refractivity contribution in [2.24, 2.45) is 0 Å². The van der Waals surface area contributed by atoms with Crippen LogP contribution in [0.2, 0.25) is 0 Å². The molecule has 1 aromatic heterocycles. The highest BCUT2D eigenvalue weighted by atomic mass is 19.1. The van der Waals surface area contributed by atoms with E-state index in [-0.39, 0.29) is 36.1 Å². The second-order valence-electron chi connectivity index (χ2n) is 9.84. The van der Waals surface area contributed by atoms with E-state index in [2.05, 4.69) is 27.9 Å². The second kappa shape index (κ2) is 9.47. The van der Waals surface area contributed by atoms with Crippen LogP contribution < -0.4 is 15.0 Å². The number of halogens is 1. The van der Waals surface area contributed by atoms with E-state index in [1.165, 1.54) is 13.2 Å². The lowest BCUT2D eigenvalue weighted by Gasteiger charge is -2.44. The molecule has 1 fully saturated rings. The molecule has 1 aromatic carbocycles. The van der Waals surface area contributed by atoms with Gasteiger partial charge in [0.25, 0.3) is 0 Å². The van der Waals surface area contributed by atoms with E-state index in [0.717, 1.165) is 5.56 Å². The minimum absolute atomic E-state index is 0.151. The quantitative estimate of drug-likeness (QED) is 0.638. The third-order valence-electron chi connectivity index (χ3n) is 7.82. The molecule has 2 atom stereocenters. The number of fused-ring (bicyclic) bond motifs is 3. The van der Waals surface area contributed by atoms with Crippen LogP contribution >= 0.6 is 0 Å². The van der Waals surface area contributed by atoms with Crippen LogP contribution in [0.5, 0.6) is 6.01 Å². The number of carbonyl (C=O) groups is 2. The van der Waals surface area contributed by atoms with Gasteiger partial charge in [-0.15, -0.1) is 0 Å². The van der Waals surface area contributed by atoms with Crippen molar-refractivity contribution in [1.82, 2.24) is 14.9 Å². The monoisotopic (exact) mass is 504 g/mol. The Morgan fingerprint density at radius 1 is 1.41 bits per heavy atom. The minimum Gasteiger partial charge on any atom is -0.467 e. The van der Waals surface area contributed by atoms with Crippen molar-refractivity contribution < 1.29 is 18.7 Å². The molecule has 37 heavy (non-hydrogen) atoms. The number of benzene rings is 1. The number of nitrogens with one attached hydrogen (secondary N) is 1. The second-order valence-corrected chi connectivity index (χ2v) is 9.84. The summed E-state index contributed by atoms with van der Waals surface area (Å²) in [4.78, 5) is 38.9. The summed E-state index contributed by atoms with van der Waals surface area (Å²) in [5, 5.41) is 12.4. The molecule has 2 unspecified atom stereocenters. The molecule has 0 bridgehead atoms. The van der Waals surface area contributed by atoms with Gasteiger partial charge in [-0.05, 0) is 49.0 Å². The highest BCUT2D eigenvalue weighted by molar-refractivity contribution is 6.04. The van der Waals surface area contributed by atoms with Crippen LogP contribution in [0.1, 0.15) is 41.6 Å². The van der Waals surface area contributed by atoms with Crippen molar-refractivity contribution in [3.05, 3.63) is 53.0 Å². The molecule has 192 valence electrons. The largest absolute Gasteiger partial charge is 0.467 e. The fourth-order valence-electron chi connectivity index (χ4n) is 5.93. The summed E-state index contributed by atoms with van der Waals surface area (Å²) in [6, 6.07) is 5.56. The van der Waals surface area contributed by atoms with E-state index < -0.39 is 5.41 Å². The van der Waals surface area contributed by atoms with Crippen molar-refractivity contribution in [3.8, 4) is 12.1 Å². The van der Waals surface area contributed by atoms with Gasteiger partial charge in [-0.2, -0.15) is 15.2 Å². The van der Waals surface area contributed by atoms with Gasteiger partial charge in [0, 0.05) is 26.1 Å². The normalized spacial score (nSPS) is 22.5. The van der Waals surface area contributed by atoms with Crippen LogP contribution in [-0.4, -0.2) is 59.5 Å². The molecule has 2 amide bonds. The molecule has 10 heteroatoms. The zero-order chi connectivity index (χ0) is 26.3. The molecule has 5 rings (SSSR count). The maximum Gasteiger partial charge on any atom is 0.318 e. The summed E-state index contributed by atoms with van der Waals surface area (Å²) < 4.78 is 20.5. The minimum atomic E-state index is -0.926. The maximum absolute atomic E-state index is 15.0. The topological polar surface area (TPSA) is 111 Å². The van der Waals surface area contributed by atoms with Crippen LogP contribution in [0.3, 0.4) is 0 Å². The van der Waals surface area contributed by atoms with Crippen LogP contribution in [0.4, 0.5) is 15.9 Å². The van der Waals surface area contributed by atoms with Crippen molar-refractivity contribution in [2.45, 2.75) is 50.5 Å². The number of amides is 2. The number of piperazine rings is 1. The van der Waals surface area contributed by atoms with Crippen molar-refractivity contribution >= 4 is 23.3 Å². The van der Waals surface area contributed by atoms with Gasteiger partial charge in [-0.25, -0.2) is 4.39 Å². The predicted molar refractivity (Wildman–Crippen MR) is 135 cm³/mol. The Hall–Kier alpha value is -4.00. The Balaban J connectivity index is 1.55. The summed E-state index contributed by atoms with van der Waals surface area (Å²) in [6.45, 7) is 6.48. The summed E-state index contributed by atoms with van der Waals surface area (Å²) >= 11 is 0. The van der Waals surface area contributed by atoms with Crippen LogP contribution in [-0.2, 0) is 27.8 Å². The molecule has 2 aromatic rings. The lowest BCUT2D eigenvalue weighted by atomic mass is 9.65. The van der Waals surface area contributed by atoms with E-state index in [1.807, 2.05) is 11.0 Å². The Morgan fingerprint density at radius 2 is 2.22 bits per heavy atom. The molecule has 9 nitrogen and oxygen atoms in total. The third kappa shape index (κ3) is 3.99. The van der Waals surface area contributed by atoms with Crippen LogP contribution in [0.15, 0.2) is 24.8 Å². The van der Waals surface area contributed by atoms with E-state index in [9.17, 15) is 14.9 Å². The molecule has 1 N–H and O–H groups in total. The highest BCUT2D eigenvalue weighted by Gasteiger charge is 2.49. The molecule has 3 aliphatic rings. The first-order valence-electron chi connectivity index (χ1n) is 12.4. The number of nitrogens with zero attached hydrogens (tertiary/aromatic N) is 5. The number of carbonyl (C=O) groups excluding carboxylic acids is 2. The Labute approximate surface area is 214 Å². The van der Waals surface area contributed by atoms with Gasteiger partial charge in [-0.1, -0.05) is 18.7 Å². The molecule has 1 saturated heterocycles. The first-order chi connectivity index (χ1) is 17.8. The average Bonchev–Trinajstić information content (AvgIpc) is 2.91. The molecular formula is C27H29FN6O3. The summed E-state index contributed by atoms with van der Waals surface area (Å²) in [7, 11) is 1.48. The number of anilines is 2. The van der Waals surface area contributed by atoms with Gasteiger partial charge in [0.1, 0.15) is 11.5 Å². The van der Waals surface area contributed by atoms with Gasteiger partial charge < -0.3 is 19.9 Å². The first kappa shape index (κ1) is 24.7. The van der Waals surface area contributed by atoms with E-state index in [1.54, 1.807) is 17.9 Å². The lowest BCUT2D eigenvalue weighted by molar-refractivity contribution is -0.128. The zero-order valence-corrected chi connectivity index (χ0v) is 21.0. The number of hydrogen-bond acceptors (Lipinski definition) is 7. The van der Waals surface area contributed by atoms with E-state index in [0.29, 0.717) is 73.6 Å². The number of aryl methyl sites for hydroxylation is 1. The van der Waals surface area contributed by atoms with E-state index >= 15 is 4.39 Å². The number of rotatable bonds is 4. The zero-order valence-electron chi connectivity index (χ0n) is 21.0. The van der Waals surface area contributed by atoms with Crippen molar-refractivity contribution in [3.63, 3.8) is 0 Å². The molecule has 3 heterocycles. The van der Waals surface area contributed by atoms with Gasteiger partial charge >= 0.3 is 6.01 Å². The molecule has 1 aliphatic carbocycles. The maximum atomic E-state index is 15.0. The van der Waals surface area contributed by atoms with Crippen molar-refractivity contribution in [2.75, 3.05) is 37.0 Å². The van der Waals surface area contributed by atoms with Gasteiger partial charge in [0.2, 0.25) is 11.8 Å². The van der Waals surface area contributed by atoms with Gasteiger partial charge in [-0.3, -0.25) is 9.59 Å². The summed E-state index contributed by atoms with van der Waals surface area (Å²) in [6.07, 6.45) is 3.57. The van der Waals surface area contributed by atoms with Gasteiger partial charge in [0.15, 0.2) is 5.82 Å². The number of nitriles is 1. The number of ether oxygens (including phenoxy) is 1. The standard InChI is InChI=1S/C27H29FN6O3/c1-4-21(35)34-13-12-33(15-17(34)9-11-29)24-23-20(30-26(32-24)37-3)14-27(25(36)31-23)10-5-6-18-19(27)8-7-16(2)22(18)28/h4,7-8,17H,1,5-6,9-10,12-15H2,2-3H3,(H,31,36). The Bertz CT molecular complexity index is 1340. The molecule has 0 saturated carbocycles. The first-order valence-corrected chi connectivity index (χ1v) is 12.4. The SMILES string of the molecule is C=CC(=O)N1CCN(c2nc(OC)nc3c2NC(=O)C2(CCCc4c2ccc(C)c4F)C3)CC1CC#N. The van der Waals surface area contributed by atoms with Crippen LogP contribution in [0, 0.1) is 24.1 Å². The lowest BCUT2D eigenvalue weighted by Crippen LogP contribution is -2.55. The third-order valence-corrected chi connectivity index (χ3v) is 7.82. The fourth-order valence-corrected chi connectivity index (χ4v) is 5.93. The van der Waals surface area contributed by atoms with Crippen LogP contribution in [0.25, 0.3) is 0 Å². The highest BCUT2D eigenvalue weighted by Crippen LogP contribution is 2.47. The Morgan fingerprint density at radius 3 is 2.95 bits per heavy atom. The molecule has 0 radical (unpaired) electrons. The Kier molecular flexibility index (Phi) is 6.31. The molecular weight excluding hydrogens is 475 g/mol. The predicted octanol–water partition coefficient (Wildman–Crippen LogP) is 2.82.